The Balaban J connectivity index is 2.32. The first-order valence-corrected chi connectivity index (χ1v) is 8.98. The van der Waals surface area contributed by atoms with Gasteiger partial charge in [0.05, 0.1) is 6.26 Å². The van der Waals surface area contributed by atoms with Gasteiger partial charge in [0.2, 0.25) is 10.0 Å². The van der Waals surface area contributed by atoms with Crippen LogP contribution in [0.4, 0.5) is 0 Å². The first-order chi connectivity index (χ1) is 9.34. The Bertz CT molecular complexity index is 532. The first kappa shape index (κ1) is 17.4. The van der Waals surface area contributed by atoms with Gasteiger partial charge in [-0.05, 0) is 37.1 Å². The third kappa shape index (κ3) is 5.79. The van der Waals surface area contributed by atoms with E-state index < -0.39 is 10.0 Å². The number of rotatable bonds is 8. The van der Waals surface area contributed by atoms with Crippen molar-refractivity contribution < 1.29 is 8.42 Å². The molecular weight excluding hydrogens is 296 g/mol. The van der Waals surface area contributed by atoms with Crippen LogP contribution in [-0.2, 0) is 16.6 Å². The highest BCUT2D eigenvalue weighted by Crippen LogP contribution is 2.17. The highest BCUT2D eigenvalue weighted by atomic mass is 35.5. The number of halogens is 1. The van der Waals surface area contributed by atoms with Crippen molar-refractivity contribution in [3.8, 4) is 0 Å². The second-order valence-corrected chi connectivity index (χ2v) is 7.27. The molecule has 0 atom stereocenters. The molecule has 6 heteroatoms. The highest BCUT2D eigenvalue weighted by Gasteiger charge is 2.12. The zero-order valence-electron chi connectivity index (χ0n) is 12.3. The molecule has 1 rings (SSSR count). The fraction of sp³-hybridized carbons (Fsp3) is 0.571. The maximum absolute atomic E-state index is 11.4. The molecule has 0 aliphatic carbocycles. The molecule has 0 aliphatic rings. The molecule has 0 aliphatic heterocycles. The van der Waals surface area contributed by atoms with Gasteiger partial charge < -0.3 is 5.32 Å². The van der Waals surface area contributed by atoms with Crippen LogP contribution in [0.2, 0.25) is 5.02 Å². The molecule has 0 amide bonds. The van der Waals surface area contributed by atoms with E-state index in [2.05, 4.69) is 5.32 Å². The summed E-state index contributed by atoms with van der Waals surface area (Å²) in [6, 6.07) is 5.99. The second kappa shape index (κ2) is 7.98. The molecule has 0 spiro atoms. The maximum Gasteiger partial charge on any atom is 0.211 e. The second-order valence-electron chi connectivity index (χ2n) is 4.88. The predicted molar refractivity (Wildman–Crippen MR) is 84.6 cm³/mol. The SMILES string of the molecule is CCN(CCCNCc1ccc(C)cc1Cl)S(C)(=O)=O. The molecule has 114 valence electrons. The predicted octanol–water partition coefficient (Wildman–Crippen LogP) is 2.41. The third-order valence-electron chi connectivity index (χ3n) is 3.11. The van der Waals surface area contributed by atoms with Crippen LogP contribution in [-0.4, -0.2) is 38.6 Å². The lowest BCUT2D eigenvalue weighted by Gasteiger charge is -2.17. The summed E-state index contributed by atoms with van der Waals surface area (Å²) < 4.78 is 24.3. The summed E-state index contributed by atoms with van der Waals surface area (Å²) >= 11 is 6.15. The van der Waals surface area contributed by atoms with Crippen molar-refractivity contribution in [2.24, 2.45) is 0 Å². The van der Waals surface area contributed by atoms with Gasteiger partial charge in [-0.1, -0.05) is 30.7 Å². The van der Waals surface area contributed by atoms with E-state index in [9.17, 15) is 8.42 Å². The number of nitrogens with one attached hydrogen (secondary N) is 1. The Kier molecular flexibility index (Phi) is 6.95. The number of sulfonamides is 1. The first-order valence-electron chi connectivity index (χ1n) is 6.75. The normalized spacial score (nSPS) is 12.1. The summed E-state index contributed by atoms with van der Waals surface area (Å²) in [5.41, 5.74) is 2.21. The van der Waals surface area contributed by atoms with Gasteiger partial charge in [-0.3, -0.25) is 0 Å². The number of aryl methyl sites for hydroxylation is 1. The fourth-order valence-corrected chi connectivity index (χ4v) is 3.19. The molecular formula is C14H23ClN2O2S. The Hall–Kier alpha value is -0.620. The number of hydrogen-bond acceptors (Lipinski definition) is 3. The van der Waals surface area contributed by atoms with Crippen LogP contribution < -0.4 is 5.32 Å². The van der Waals surface area contributed by atoms with Gasteiger partial charge in [0.15, 0.2) is 0 Å². The zero-order chi connectivity index (χ0) is 15.2. The van der Waals surface area contributed by atoms with Gasteiger partial charge in [0, 0.05) is 24.7 Å². The summed E-state index contributed by atoms with van der Waals surface area (Å²) in [5, 5.41) is 4.05. The zero-order valence-corrected chi connectivity index (χ0v) is 13.9. The molecule has 0 bridgehead atoms. The van der Waals surface area contributed by atoms with Crippen molar-refractivity contribution in [2.45, 2.75) is 26.8 Å². The van der Waals surface area contributed by atoms with Crippen molar-refractivity contribution in [1.29, 1.82) is 0 Å². The average molecular weight is 319 g/mol. The van der Waals surface area contributed by atoms with E-state index in [0.29, 0.717) is 19.6 Å². The van der Waals surface area contributed by atoms with E-state index in [1.807, 2.05) is 32.0 Å². The fourth-order valence-electron chi connectivity index (χ4n) is 1.96. The summed E-state index contributed by atoms with van der Waals surface area (Å²) in [6.45, 7) is 6.38. The molecule has 0 heterocycles. The molecule has 0 saturated carbocycles. The minimum Gasteiger partial charge on any atom is -0.313 e. The topological polar surface area (TPSA) is 49.4 Å². The Labute approximate surface area is 127 Å². The van der Waals surface area contributed by atoms with Crippen LogP contribution in [0.3, 0.4) is 0 Å². The lowest BCUT2D eigenvalue weighted by atomic mass is 10.1. The standard InChI is InChI=1S/C14H23ClN2O2S/c1-4-17(20(3,18)19)9-5-8-16-11-13-7-6-12(2)10-14(13)15/h6-7,10,16H,4-5,8-9,11H2,1-3H3. The van der Waals surface area contributed by atoms with Crippen molar-refractivity contribution in [3.63, 3.8) is 0 Å². The lowest BCUT2D eigenvalue weighted by molar-refractivity contribution is 0.419. The molecule has 0 radical (unpaired) electrons. The number of benzene rings is 1. The van der Waals surface area contributed by atoms with E-state index in [1.165, 1.54) is 10.6 Å². The molecule has 0 fully saturated rings. The van der Waals surface area contributed by atoms with Gasteiger partial charge in [0.1, 0.15) is 0 Å². The van der Waals surface area contributed by atoms with Crippen LogP contribution in [0, 0.1) is 6.92 Å². The van der Waals surface area contributed by atoms with Crippen LogP contribution in [0.15, 0.2) is 18.2 Å². The molecule has 1 N–H and O–H groups in total. The summed E-state index contributed by atoms with van der Waals surface area (Å²) in [4.78, 5) is 0. The van der Waals surface area contributed by atoms with Gasteiger partial charge in [-0.25, -0.2) is 12.7 Å². The van der Waals surface area contributed by atoms with Gasteiger partial charge >= 0.3 is 0 Å². The molecule has 0 saturated heterocycles. The summed E-state index contributed by atoms with van der Waals surface area (Å²) in [6.07, 6.45) is 2.03. The number of hydrogen-bond donors (Lipinski definition) is 1. The van der Waals surface area contributed by atoms with E-state index in [4.69, 9.17) is 11.6 Å². The largest absolute Gasteiger partial charge is 0.313 e. The van der Waals surface area contributed by atoms with Crippen LogP contribution in [0.5, 0.6) is 0 Å². The van der Waals surface area contributed by atoms with Gasteiger partial charge in [0.25, 0.3) is 0 Å². The van der Waals surface area contributed by atoms with E-state index >= 15 is 0 Å². The lowest BCUT2D eigenvalue weighted by Crippen LogP contribution is -2.32. The summed E-state index contributed by atoms with van der Waals surface area (Å²) in [5.74, 6) is 0. The Morgan fingerprint density at radius 3 is 2.60 bits per heavy atom. The monoisotopic (exact) mass is 318 g/mol. The molecule has 20 heavy (non-hydrogen) atoms. The van der Waals surface area contributed by atoms with E-state index in [0.717, 1.165) is 29.1 Å². The van der Waals surface area contributed by atoms with E-state index in [-0.39, 0.29) is 0 Å². The third-order valence-corrected chi connectivity index (χ3v) is 4.84. The molecule has 1 aromatic rings. The quantitative estimate of drug-likeness (QED) is 0.749. The number of nitrogens with zero attached hydrogens (tertiary/aromatic N) is 1. The van der Waals surface area contributed by atoms with Crippen LogP contribution in [0.1, 0.15) is 24.5 Å². The van der Waals surface area contributed by atoms with Crippen molar-refractivity contribution in [3.05, 3.63) is 34.3 Å². The molecule has 4 nitrogen and oxygen atoms in total. The summed E-state index contributed by atoms with van der Waals surface area (Å²) in [7, 11) is -3.08. The Morgan fingerprint density at radius 1 is 1.35 bits per heavy atom. The molecule has 0 aromatic heterocycles. The maximum atomic E-state index is 11.4. The van der Waals surface area contributed by atoms with Crippen LogP contribution in [0.25, 0.3) is 0 Å². The van der Waals surface area contributed by atoms with Crippen molar-refractivity contribution >= 4 is 21.6 Å². The van der Waals surface area contributed by atoms with E-state index in [1.54, 1.807) is 0 Å². The van der Waals surface area contributed by atoms with Crippen molar-refractivity contribution in [2.75, 3.05) is 25.9 Å². The van der Waals surface area contributed by atoms with Gasteiger partial charge in [-0.15, -0.1) is 0 Å². The smallest absolute Gasteiger partial charge is 0.211 e. The van der Waals surface area contributed by atoms with Gasteiger partial charge in [-0.2, -0.15) is 0 Å². The molecule has 0 unspecified atom stereocenters. The van der Waals surface area contributed by atoms with Crippen molar-refractivity contribution in [1.82, 2.24) is 9.62 Å². The minimum atomic E-state index is -3.08. The molecule has 1 aromatic carbocycles. The highest BCUT2D eigenvalue weighted by molar-refractivity contribution is 7.88. The minimum absolute atomic E-state index is 0.516. The average Bonchev–Trinajstić information content (AvgIpc) is 2.34. The van der Waals surface area contributed by atoms with Crippen LogP contribution >= 0.6 is 11.6 Å². The Morgan fingerprint density at radius 2 is 2.05 bits per heavy atom.